The van der Waals surface area contributed by atoms with E-state index in [1.807, 2.05) is 11.8 Å². The van der Waals surface area contributed by atoms with Gasteiger partial charge in [0.25, 0.3) is 0 Å². The number of amides is 1. The summed E-state index contributed by atoms with van der Waals surface area (Å²) in [5.41, 5.74) is 0. The lowest BCUT2D eigenvalue weighted by Gasteiger charge is -2.40. The fraction of sp³-hybridized carbons (Fsp3) is 0.938. The van der Waals surface area contributed by atoms with Gasteiger partial charge in [-0.1, -0.05) is 13.8 Å². The fourth-order valence-corrected chi connectivity index (χ4v) is 5.17. The predicted molar refractivity (Wildman–Crippen MR) is 91.6 cm³/mol. The van der Waals surface area contributed by atoms with Gasteiger partial charge in [-0.3, -0.25) is 9.69 Å². The number of nitrogens with one attached hydrogen (secondary N) is 1. The zero-order valence-corrected chi connectivity index (χ0v) is 15.6. The van der Waals surface area contributed by atoms with E-state index in [0.29, 0.717) is 37.8 Å². The van der Waals surface area contributed by atoms with Crippen LogP contribution in [0.25, 0.3) is 0 Å². The van der Waals surface area contributed by atoms with Gasteiger partial charge in [0, 0.05) is 26.2 Å². The number of sulfonamides is 1. The van der Waals surface area contributed by atoms with Gasteiger partial charge in [0.05, 0.1) is 11.3 Å². The second-order valence-corrected chi connectivity index (χ2v) is 9.51. The van der Waals surface area contributed by atoms with Crippen molar-refractivity contribution in [3.63, 3.8) is 0 Å². The maximum atomic E-state index is 12.8. The number of nitrogens with zero attached hydrogens (tertiary/aromatic N) is 2. The van der Waals surface area contributed by atoms with Crippen molar-refractivity contribution in [2.45, 2.75) is 51.3 Å². The molecule has 3 atom stereocenters. The number of piperidine rings is 2. The van der Waals surface area contributed by atoms with Gasteiger partial charge in [-0.15, -0.1) is 0 Å². The summed E-state index contributed by atoms with van der Waals surface area (Å²) in [6, 6.07) is -0.161. The first-order valence-corrected chi connectivity index (χ1v) is 10.2. The second kappa shape index (κ2) is 7.49. The summed E-state index contributed by atoms with van der Waals surface area (Å²) in [5.74, 6) is 1.31. The molecule has 0 aliphatic carbocycles. The third-order valence-corrected chi connectivity index (χ3v) is 7.20. The molecule has 2 fully saturated rings. The molecule has 0 spiro atoms. The monoisotopic (exact) mass is 345 g/mol. The quantitative estimate of drug-likeness (QED) is 0.822. The van der Waals surface area contributed by atoms with Crippen LogP contribution in [0.3, 0.4) is 0 Å². The molecule has 7 heteroatoms. The lowest BCUT2D eigenvalue weighted by atomic mass is 9.91. The zero-order valence-electron chi connectivity index (χ0n) is 14.8. The molecule has 0 radical (unpaired) electrons. The molecule has 2 heterocycles. The molecule has 1 N–H and O–H groups in total. The van der Waals surface area contributed by atoms with E-state index in [4.69, 9.17) is 0 Å². The van der Waals surface area contributed by atoms with Crippen LogP contribution < -0.4 is 4.72 Å². The van der Waals surface area contributed by atoms with Crippen molar-refractivity contribution in [2.24, 2.45) is 11.8 Å². The highest BCUT2D eigenvalue weighted by Gasteiger charge is 2.35. The third kappa shape index (κ3) is 4.45. The SMILES string of the molecule is CNS(=O)(=O)C1CCN([C@H](C)C(=O)N2C[C@H](C)C[C@@H](C)C2)CC1. The van der Waals surface area contributed by atoms with Crippen molar-refractivity contribution in [3.05, 3.63) is 0 Å². The van der Waals surface area contributed by atoms with Gasteiger partial charge in [-0.05, 0) is 45.1 Å². The molecule has 0 saturated carbocycles. The Bertz CT molecular complexity index is 505. The lowest BCUT2D eigenvalue weighted by Crippen LogP contribution is -2.54. The summed E-state index contributed by atoms with van der Waals surface area (Å²) in [5, 5.41) is -0.332. The van der Waals surface area contributed by atoms with Crippen LogP contribution in [-0.2, 0) is 14.8 Å². The predicted octanol–water partition coefficient (Wildman–Crippen LogP) is 0.893. The topological polar surface area (TPSA) is 69.7 Å². The maximum Gasteiger partial charge on any atom is 0.239 e. The van der Waals surface area contributed by atoms with Crippen molar-refractivity contribution in [1.29, 1.82) is 0 Å². The Kier molecular flexibility index (Phi) is 6.08. The first kappa shape index (κ1) is 18.7. The molecule has 0 aromatic carbocycles. The van der Waals surface area contributed by atoms with Crippen LogP contribution in [0.5, 0.6) is 0 Å². The third-order valence-electron chi connectivity index (χ3n) is 5.29. The molecule has 2 rings (SSSR count). The van der Waals surface area contributed by atoms with E-state index in [1.54, 1.807) is 0 Å². The smallest absolute Gasteiger partial charge is 0.239 e. The van der Waals surface area contributed by atoms with Crippen LogP contribution in [-0.4, -0.2) is 68.6 Å². The highest BCUT2D eigenvalue weighted by molar-refractivity contribution is 7.90. The number of carbonyl (C=O) groups is 1. The van der Waals surface area contributed by atoms with Gasteiger partial charge in [-0.25, -0.2) is 13.1 Å². The average Bonchev–Trinajstić information content (AvgIpc) is 2.52. The number of likely N-dealkylation sites (tertiary alicyclic amines) is 2. The number of carbonyl (C=O) groups excluding carboxylic acids is 1. The molecule has 6 nitrogen and oxygen atoms in total. The zero-order chi connectivity index (χ0) is 17.2. The standard InChI is InChI=1S/C16H31N3O3S/c1-12-9-13(2)11-19(10-12)16(20)14(3)18-7-5-15(6-8-18)23(21,22)17-4/h12-15,17H,5-11H2,1-4H3/t12-,13-,14-/m1/s1. The molecule has 2 aliphatic rings. The Morgan fingerprint density at radius 3 is 2.13 bits per heavy atom. The van der Waals surface area contributed by atoms with Gasteiger partial charge >= 0.3 is 0 Å². The molecule has 23 heavy (non-hydrogen) atoms. The summed E-state index contributed by atoms with van der Waals surface area (Å²) < 4.78 is 26.2. The van der Waals surface area contributed by atoms with Gasteiger partial charge in [0.1, 0.15) is 0 Å². The van der Waals surface area contributed by atoms with Crippen LogP contribution >= 0.6 is 0 Å². The van der Waals surface area contributed by atoms with Crippen LogP contribution in [0.1, 0.15) is 40.0 Å². The van der Waals surface area contributed by atoms with Gasteiger partial charge in [0.2, 0.25) is 15.9 Å². The minimum Gasteiger partial charge on any atom is -0.341 e. The Morgan fingerprint density at radius 1 is 1.13 bits per heavy atom. The molecule has 0 aromatic heterocycles. The first-order valence-electron chi connectivity index (χ1n) is 8.69. The molecule has 134 valence electrons. The summed E-state index contributed by atoms with van der Waals surface area (Å²) in [6.07, 6.45) is 2.37. The van der Waals surface area contributed by atoms with Gasteiger partial charge in [0.15, 0.2) is 0 Å². The van der Waals surface area contributed by atoms with E-state index in [0.717, 1.165) is 13.1 Å². The van der Waals surface area contributed by atoms with E-state index < -0.39 is 10.0 Å². The number of hydrogen-bond donors (Lipinski definition) is 1. The molecule has 0 unspecified atom stereocenters. The molecular weight excluding hydrogens is 314 g/mol. The highest BCUT2D eigenvalue weighted by atomic mass is 32.2. The summed E-state index contributed by atoms with van der Waals surface area (Å²) >= 11 is 0. The molecular formula is C16H31N3O3S. The van der Waals surface area contributed by atoms with Crippen molar-refractivity contribution >= 4 is 15.9 Å². The molecule has 0 aromatic rings. The summed E-state index contributed by atoms with van der Waals surface area (Å²) in [6.45, 7) is 9.38. The molecule has 0 bridgehead atoms. The molecule has 2 saturated heterocycles. The van der Waals surface area contributed by atoms with Crippen molar-refractivity contribution < 1.29 is 13.2 Å². The van der Waals surface area contributed by atoms with E-state index in [-0.39, 0.29) is 17.2 Å². The molecule has 2 aliphatic heterocycles. The minimum atomic E-state index is -3.20. The number of rotatable bonds is 4. The Hall–Kier alpha value is -0.660. The minimum absolute atomic E-state index is 0.161. The largest absolute Gasteiger partial charge is 0.341 e. The van der Waals surface area contributed by atoms with Crippen LogP contribution in [0.4, 0.5) is 0 Å². The molecule has 1 amide bonds. The lowest BCUT2D eigenvalue weighted by molar-refractivity contribution is -0.139. The van der Waals surface area contributed by atoms with E-state index >= 15 is 0 Å². The van der Waals surface area contributed by atoms with Crippen LogP contribution in [0, 0.1) is 11.8 Å². The highest BCUT2D eigenvalue weighted by Crippen LogP contribution is 2.24. The van der Waals surface area contributed by atoms with Crippen molar-refractivity contribution in [1.82, 2.24) is 14.5 Å². The summed E-state index contributed by atoms with van der Waals surface area (Å²) in [7, 11) is -1.73. The fourth-order valence-electron chi connectivity index (χ4n) is 4.00. The van der Waals surface area contributed by atoms with E-state index in [9.17, 15) is 13.2 Å². The maximum absolute atomic E-state index is 12.8. The van der Waals surface area contributed by atoms with Crippen molar-refractivity contribution in [3.8, 4) is 0 Å². The van der Waals surface area contributed by atoms with E-state index in [2.05, 4.69) is 23.5 Å². The Morgan fingerprint density at radius 2 is 1.65 bits per heavy atom. The second-order valence-electron chi connectivity index (χ2n) is 7.35. The van der Waals surface area contributed by atoms with Crippen molar-refractivity contribution in [2.75, 3.05) is 33.2 Å². The normalized spacial score (nSPS) is 29.5. The number of hydrogen-bond acceptors (Lipinski definition) is 4. The van der Waals surface area contributed by atoms with E-state index in [1.165, 1.54) is 13.5 Å². The average molecular weight is 346 g/mol. The van der Waals surface area contributed by atoms with Crippen LogP contribution in [0.15, 0.2) is 0 Å². The van der Waals surface area contributed by atoms with Gasteiger partial charge < -0.3 is 4.90 Å². The first-order chi connectivity index (χ1) is 10.7. The van der Waals surface area contributed by atoms with Crippen LogP contribution in [0.2, 0.25) is 0 Å². The Labute approximate surface area is 140 Å². The van der Waals surface area contributed by atoms with Gasteiger partial charge in [-0.2, -0.15) is 0 Å². The summed E-state index contributed by atoms with van der Waals surface area (Å²) in [4.78, 5) is 16.9. The Balaban J connectivity index is 1.91.